The first-order valence-electron chi connectivity index (χ1n) is 7.86. The fraction of sp³-hybridized carbons (Fsp3) is 0.167. The molecule has 128 valence electrons. The molecule has 0 radical (unpaired) electrons. The number of amides is 2. The second kappa shape index (κ2) is 7.81. The first-order chi connectivity index (χ1) is 12.1. The Balaban J connectivity index is 1.56. The van der Waals surface area contributed by atoms with Gasteiger partial charge in [0.15, 0.2) is 5.82 Å². The number of rotatable bonds is 5. The van der Waals surface area contributed by atoms with Gasteiger partial charge in [-0.25, -0.2) is 14.5 Å². The molecule has 0 aliphatic carbocycles. The minimum atomic E-state index is -0.245. The molecule has 0 spiro atoms. The van der Waals surface area contributed by atoms with Gasteiger partial charge in [-0.15, -0.1) is 0 Å². The van der Waals surface area contributed by atoms with Gasteiger partial charge in [0.25, 0.3) is 0 Å². The van der Waals surface area contributed by atoms with Crippen molar-refractivity contribution < 1.29 is 4.79 Å². The molecule has 1 unspecified atom stereocenters. The molecule has 0 aliphatic rings. The molecule has 6 nitrogen and oxygen atoms in total. The number of hydrogen-bond acceptors (Lipinski definition) is 3. The van der Waals surface area contributed by atoms with Crippen molar-refractivity contribution in [2.45, 2.75) is 19.5 Å². The van der Waals surface area contributed by atoms with Crippen LogP contribution < -0.4 is 10.6 Å². The zero-order valence-electron chi connectivity index (χ0n) is 13.7. The molecule has 2 aromatic heterocycles. The smallest absolute Gasteiger partial charge is 0.315 e. The predicted molar refractivity (Wildman–Crippen MR) is 96.6 cm³/mol. The van der Waals surface area contributed by atoms with Crippen LogP contribution in [0.1, 0.15) is 24.1 Å². The molecule has 1 atom stereocenters. The van der Waals surface area contributed by atoms with Crippen molar-refractivity contribution in [3.05, 3.63) is 77.2 Å². The van der Waals surface area contributed by atoms with E-state index in [2.05, 4.69) is 20.7 Å². The van der Waals surface area contributed by atoms with E-state index in [1.54, 1.807) is 23.1 Å². The van der Waals surface area contributed by atoms with Crippen LogP contribution in [0.25, 0.3) is 5.82 Å². The summed E-state index contributed by atoms with van der Waals surface area (Å²) in [7, 11) is 0. The summed E-state index contributed by atoms with van der Waals surface area (Å²) in [6.07, 6.45) is 5.21. The van der Waals surface area contributed by atoms with E-state index >= 15 is 0 Å². The van der Waals surface area contributed by atoms with Gasteiger partial charge in [0.2, 0.25) is 0 Å². The minimum absolute atomic E-state index is 0.143. The number of carbonyl (C=O) groups excluding carboxylic acids is 1. The highest BCUT2D eigenvalue weighted by atomic mass is 35.5. The van der Waals surface area contributed by atoms with Crippen LogP contribution in [0.15, 0.2) is 61.1 Å². The molecule has 1 aromatic carbocycles. The standard InChI is InChI=1S/C18H18ClN5O/c1-13(15-4-2-5-16(19)11-15)23-18(25)21-12-14-6-8-20-17(10-14)24-9-3-7-22-24/h2-11,13H,12H2,1H3,(H2,21,23,25). The number of aromatic nitrogens is 3. The van der Waals surface area contributed by atoms with Crippen molar-refractivity contribution in [1.82, 2.24) is 25.4 Å². The molecule has 0 bridgehead atoms. The van der Waals surface area contributed by atoms with Crippen LogP contribution in [0.3, 0.4) is 0 Å². The van der Waals surface area contributed by atoms with Gasteiger partial charge >= 0.3 is 6.03 Å². The van der Waals surface area contributed by atoms with Gasteiger partial charge in [-0.1, -0.05) is 23.7 Å². The lowest BCUT2D eigenvalue weighted by molar-refractivity contribution is 0.237. The number of benzene rings is 1. The van der Waals surface area contributed by atoms with Crippen molar-refractivity contribution in [1.29, 1.82) is 0 Å². The summed E-state index contributed by atoms with van der Waals surface area (Å²) in [5.41, 5.74) is 1.89. The zero-order chi connectivity index (χ0) is 17.6. The number of nitrogens with zero attached hydrogens (tertiary/aromatic N) is 3. The van der Waals surface area contributed by atoms with Gasteiger partial charge in [-0.2, -0.15) is 5.10 Å². The number of hydrogen-bond donors (Lipinski definition) is 2. The van der Waals surface area contributed by atoms with Crippen molar-refractivity contribution in [2.24, 2.45) is 0 Å². The zero-order valence-corrected chi connectivity index (χ0v) is 14.4. The Morgan fingerprint density at radius 1 is 1.24 bits per heavy atom. The van der Waals surface area contributed by atoms with E-state index in [1.807, 2.05) is 49.5 Å². The largest absolute Gasteiger partial charge is 0.334 e. The van der Waals surface area contributed by atoms with E-state index in [9.17, 15) is 4.79 Å². The van der Waals surface area contributed by atoms with Gasteiger partial charge in [0.05, 0.1) is 6.04 Å². The highest BCUT2D eigenvalue weighted by molar-refractivity contribution is 6.30. The van der Waals surface area contributed by atoms with Crippen LogP contribution in [0, 0.1) is 0 Å². The second-order valence-electron chi connectivity index (χ2n) is 5.58. The maximum absolute atomic E-state index is 12.1. The predicted octanol–water partition coefficient (Wildman–Crippen LogP) is 3.48. The van der Waals surface area contributed by atoms with Crippen LogP contribution in [-0.4, -0.2) is 20.8 Å². The Bertz CT molecular complexity index is 850. The molecule has 3 rings (SSSR count). The summed E-state index contributed by atoms with van der Waals surface area (Å²) in [5.74, 6) is 0.706. The lowest BCUT2D eigenvalue weighted by Gasteiger charge is -2.15. The summed E-state index contributed by atoms with van der Waals surface area (Å²) >= 11 is 5.98. The molecule has 2 amide bonds. The van der Waals surface area contributed by atoms with Crippen molar-refractivity contribution in [3.8, 4) is 5.82 Å². The molecule has 2 N–H and O–H groups in total. The number of carbonyl (C=O) groups is 1. The lowest BCUT2D eigenvalue weighted by atomic mass is 10.1. The molecule has 0 saturated carbocycles. The van der Waals surface area contributed by atoms with Crippen LogP contribution >= 0.6 is 11.6 Å². The first-order valence-corrected chi connectivity index (χ1v) is 8.24. The van der Waals surface area contributed by atoms with Crippen LogP contribution in [0.2, 0.25) is 5.02 Å². The molecular formula is C18H18ClN5O. The monoisotopic (exact) mass is 355 g/mol. The maximum atomic E-state index is 12.1. The summed E-state index contributed by atoms with van der Waals surface area (Å²) in [4.78, 5) is 16.4. The normalized spacial score (nSPS) is 11.8. The third kappa shape index (κ3) is 4.58. The first kappa shape index (κ1) is 17.0. The SMILES string of the molecule is CC(NC(=O)NCc1ccnc(-n2cccn2)c1)c1cccc(Cl)c1. The fourth-order valence-electron chi connectivity index (χ4n) is 2.39. The summed E-state index contributed by atoms with van der Waals surface area (Å²) in [5, 5.41) is 10.5. The van der Waals surface area contributed by atoms with Crippen LogP contribution in [0.5, 0.6) is 0 Å². The van der Waals surface area contributed by atoms with Gasteiger partial charge in [-0.05, 0) is 48.4 Å². The van der Waals surface area contributed by atoms with Crippen LogP contribution in [0.4, 0.5) is 4.79 Å². The summed E-state index contributed by atoms with van der Waals surface area (Å²) < 4.78 is 1.67. The van der Waals surface area contributed by atoms with E-state index in [4.69, 9.17) is 11.6 Å². The van der Waals surface area contributed by atoms with Gasteiger partial charge in [-0.3, -0.25) is 0 Å². The van der Waals surface area contributed by atoms with E-state index < -0.39 is 0 Å². The Morgan fingerprint density at radius 3 is 2.88 bits per heavy atom. The van der Waals surface area contributed by atoms with Crippen molar-refractivity contribution in [2.75, 3.05) is 0 Å². The highest BCUT2D eigenvalue weighted by Crippen LogP contribution is 2.17. The topological polar surface area (TPSA) is 71.8 Å². The third-order valence-corrected chi connectivity index (χ3v) is 3.93. The maximum Gasteiger partial charge on any atom is 0.315 e. The van der Waals surface area contributed by atoms with Gasteiger partial charge in [0, 0.05) is 30.2 Å². The van der Waals surface area contributed by atoms with E-state index in [1.165, 1.54) is 0 Å². The molecule has 2 heterocycles. The fourth-order valence-corrected chi connectivity index (χ4v) is 2.59. The molecule has 0 fully saturated rings. The lowest BCUT2D eigenvalue weighted by Crippen LogP contribution is -2.36. The molecule has 0 aliphatic heterocycles. The Hall–Kier alpha value is -2.86. The average Bonchev–Trinajstić information content (AvgIpc) is 3.15. The quantitative estimate of drug-likeness (QED) is 0.736. The van der Waals surface area contributed by atoms with Gasteiger partial charge in [0.1, 0.15) is 0 Å². The molecular weight excluding hydrogens is 338 g/mol. The number of halogens is 1. The molecule has 0 saturated heterocycles. The molecule has 7 heteroatoms. The van der Waals surface area contributed by atoms with E-state index in [-0.39, 0.29) is 12.1 Å². The average molecular weight is 356 g/mol. The van der Waals surface area contributed by atoms with Crippen molar-refractivity contribution in [3.63, 3.8) is 0 Å². The van der Waals surface area contributed by atoms with E-state index in [0.29, 0.717) is 17.4 Å². The summed E-state index contributed by atoms with van der Waals surface area (Å²) in [6, 6.07) is 12.6. The Kier molecular flexibility index (Phi) is 5.30. The second-order valence-corrected chi connectivity index (χ2v) is 6.01. The van der Waals surface area contributed by atoms with E-state index in [0.717, 1.165) is 11.1 Å². The summed E-state index contributed by atoms with van der Waals surface area (Å²) in [6.45, 7) is 2.30. The number of nitrogens with one attached hydrogen (secondary N) is 2. The number of pyridine rings is 1. The molecule has 3 aromatic rings. The minimum Gasteiger partial charge on any atom is -0.334 e. The van der Waals surface area contributed by atoms with Crippen molar-refractivity contribution >= 4 is 17.6 Å². The third-order valence-electron chi connectivity index (χ3n) is 3.70. The Labute approximate surface area is 150 Å². The molecule has 25 heavy (non-hydrogen) atoms. The number of urea groups is 1. The Morgan fingerprint density at radius 2 is 2.12 bits per heavy atom. The van der Waals surface area contributed by atoms with Crippen LogP contribution in [-0.2, 0) is 6.54 Å². The highest BCUT2D eigenvalue weighted by Gasteiger charge is 2.10. The van der Waals surface area contributed by atoms with Gasteiger partial charge < -0.3 is 10.6 Å².